The van der Waals surface area contributed by atoms with E-state index in [1.807, 2.05) is 6.07 Å². The number of aryl methyl sites for hydroxylation is 2. The van der Waals surface area contributed by atoms with Crippen LogP contribution in [0.25, 0.3) is 16.7 Å². The number of para-hydroxylation sites is 1. The number of hydrogen-bond acceptors (Lipinski definition) is 5. The Kier molecular flexibility index (Phi) is 5.59. The molecule has 8 heteroatoms. The fourth-order valence-electron chi connectivity index (χ4n) is 3.64. The molecule has 4 aromatic rings. The molecule has 0 aliphatic heterocycles. The maximum absolute atomic E-state index is 13.4. The van der Waals surface area contributed by atoms with Crippen LogP contribution in [0.3, 0.4) is 0 Å². The van der Waals surface area contributed by atoms with Gasteiger partial charge in [-0.3, -0.25) is 9.59 Å². The molecule has 0 unspecified atom stereocenters. The zero-order valence-corrected chi connectivity index (χ0v) is 18.0. The molecule has 0 saturated carbocycles. The number of benzene rings is 2. The number of methoxy groups -OCH3 is 1. The van der Waals surface area contributed by atoms with Crippen LogP contribution in [-0.4, -0.2) is 27.1 Å². The van der Waals surface area contributed by atoms with E-state index < -0.39 is 23.7 Å². The van der Waals surface area contributed by atoms with E-state index >= 15 is 0 Å². The van der Waals surface area contributed by atoms with E-state index in [1.165, 1.54) is 4.57 Å². The third-order valence-corrected chi connectivity index (χ3v) is 5.11. The number of pyridine rings is 1. The summed E-state index contributed by atoms with van der Waals surface area (Å²) >= 11 is 0. The molecule has 4 rings (SSSR count). The first-order chi connectivity index (χ1) is 15.4. The topological polar surface area (TPSA) is 95.2 Å². The van der Waals surface area contributed by atoms with Gasteiger partial charge in [-0.15, -0.1) is 0 Å². The highest BCUT2D eigenvalue weighted by molar-refractivity contribution is 5.91. The van der Waals surface area contributed by atoms with Gasteiger partial charge in [0.15, 0.2) is 5.65 Å². The molecule has 1 amide bonds. The first-order valence-corrected chi connectivity index (χ1v) is 10.0. The fraction of sp³-hybridized carbons (Fsp3) is 0.167. The molecular formula is C24H22N4O4. The van der Waals surface area contributed by atoms with Gasteiger partial charge in [0.25, 0.3) is 5.56 Å². The van der Waals surface area contributed by atoms with E-state index in [0.29, 0.717) is 33.8 Å². The van der Waals surface area contributed by atoms with Crippen LogP contribution >= 0.6 is 0 Å². The van der Waals surface area contributed by atoms with Crippen molar-refractivity contribution in [2.24, 2.45) is 0 Å². The van der Waals surface area contributed by atoms with Gasteiger partial charge < -0.3 is 10.1 Å². The monoisotopic (exact) mass is 430 g/mol. The summed E-state index contributed by atoms with van der Waals surface area (Å²) in [6.07, 6.45) is 0. The quantitative estimate of drug-likeness (QED) is 0.525. The molecule has 162 valence electrons. The molecular weight excluding hydrogens is 408 g/mol. The SMILES string of the molecule is COc1ccc(NC(=O)Cn2c(=O)c3c(C)cc(C)nc3n(-c3ccccc3)c2=O)cc1. The first kappa shape index (κ1) is 21.0. The Labute approximate surface area is 183 Å². The Bertz CT molecular complexity index is 1420. The summed E-state index contributed by atoms with van der Waals surface area (Å²) in [5.41, 5.74) is 1.56. The average molecular weight is 430 g/mol. The number of rotatable bonds is 5. The highest BCUT2D eigenvalue weighted by Gasteiger charge is 2.19. The number of ether oxygens (including phenoxy) is 1. The highest BCUT2D eigenvalue weighted by atomic mass is 16.5. The lowest BCUT2D eigenvalue weighted by Gasteiger charge is -2.15. The molecule has 0 radical (unpaired) electrons. The van der Waals surface area contributed by atoms with Crippen LogP contribution in [0.15, 0.2) is 70.3 Å². The average Bonchev–Trinajstić information content (AvgIpc) is 2.77. The fourth-order valence-corrected chi connectivity index (χ4v) is 3.64. The molecule has 32 heavy (non-hydrogen) atoms. The maximum Gasteiger partial charge on any atom is 0.337 e. The van der Waals surface area contributed by atoms with Gasteiger partial charge >= 0.3 is 5.69 Å². The summed E-state index contributed by atoms with van der Waals surface area (Å²) < 4.78 is 7.42. The molecule has 2 heterocycles. The van der Waals surface area contributed by atoms with E-state index in [9.17, 15) is 14.4 Å². The smallest absolute Gasteiger partial charge is 0.337 e. The summed E-state index contributed by atoms with van der Waals surface area (Å²) in [5.74, 6) is 0.156. The summed E-state index contributed by atoms with van der Waals surface area (Å²) in [6.45, 7) is 3.17. The lowest BCUT2D eigenvalue weighted by molar-refractivity contribution is -0.116. The minimum absolute atomic E-state index is 0.274. The van der Waals surface area contributed by atoms with E-state index in [0.717, 1.165) is 4.57 Å². The van der Waals surface area contributed by atoms with Gasteiger partial charge in [-0.2, -0.15) is 0 Å². The minimum atomic E-state index is -0.629. The van der Waals surface area contributed by atoms with Crippen LogP contribution in [-0.2, 0) is 11.3 Å². The van der Waals surface area contributed by atoms with Crippen molar-refractivity contribution in [3.05, 3.63) is 92.8 Å². The standard InChI is InChI=1S/C24H22N4O4/c1-15-13-16(2)25-22-21(15)23(30)27(24(31)28(22)18-7-5-4-6-8-18)14-20(29)26-17-9-11-19(32-3)12-10-17/h4-13H,14H2,1-3H3,(H,26,29). The van der Waals surface area contributed by atoms with Crippen LogP contribution in [0.4, 0.5) is 5.69 Å². The van der Waals surface area contributed by atoms with Gasteiger partial charge in [-0.1, -0.05) is 18.2 Å². The maximum atomic E-state index is 13.4. The Morgan fingerprint density at radius 1 is 1.03 bits per heavy atom. The van der Waals surface area contributed by atoms with Crippen molar-refractivity contribution in [2.75, 3.05) is 12.4 Å². The molecule has 8 nitrogen and oxygen atoms in total. The summed E-state index contributed by atoms with van der Waals surface area (Å²) in [6, 6.07) is 17.5. The number of fused-ring (bicyclic) bond motifs is 1. The summed E-state index contributed by atoms with van der Waals surface area (Å²) in [4.78, 5) is 43.8. The second kappa shape index (κ2) is 8.50. The molecule has 0 spiro atoms. The second-order valence-corrected chi connectivity index (χ2v) is 7.40. The van der Waals surface area contributed by atoms with Crippen LogP contribution in [0, 0.1) is 13.8 Å². The number of nitrogens with zero attached hydrogens (tertiary/aromatic N) is 3. The van der Waals surface area contributed by atoms with Crippen molar-refractivity contribution < 1.29 is 9.53 Å². The molecule has 0 fully saturated rings. The van der Waals surface area contributed by atoms with Gasteiger partial charge in [0.1, 0.15) is 12.3 Å². The highest BCUT2D eigenvalue weighted by Crippen LogP contribution is 2.17. The number of hydrogen-bond donors (Lipinski definition) is 1. The zero-order chi connectivity index (χ0) is 22.8. The van der Waals surface area contributed by atoms with Crippen molar-refractivity contribution in [3.8, 4) is 11.4 Å². The molecule has 2 aromatic heterocycles. The number of anilines is 1. The number of nitrogens with one attached hydrogen (secondary N) is 1. The van der Waals surface area contributed by atoms with E-state index in [4.69, 9.17) is 4.74 Å². The molecule has 2 aromatic carbocycles. The van der Waals surface area contributed by atoms with Gasteiger partial charge in [-0.25, -0.2) is 18.9 Å². The predicted molar refractivity (Wildman–Crippen MR) is 123 cm³/mol. The molecule has 0 aliphatic carbocycles. The molecule has 0 atom stereocenters. The summed E-state index contributed by atoms with van der Waals surface area (Å²) in [5, 5.41) is 3.01. The lowest BCUT2D eigenvalue weighted by atomic mass is 10.1. The van der Waals surface area contributed by atoms with Crippen molar-refractivity contribution in [1.29, 1.82) is 0 Å². The van der Waals surface area contributed by atoms with Gasteiger partial charge in [0, 0.05) is 11.4 Å². The Morgan fingerprint density at radius 3 is 2.38 bits per heavy atom. The number of carbonyl (C=O) groups excluding carboxylic acids is 1. The largest absolute Gasteiger partial charge is 0.497 e. The Hall–Kier alpha value is -4.20. The molecule has 1 N–H and O–H groups in total. The van der Waals surface area contributed by atoms with Gasteiger partial charge in [0.2, 0.25) is 5.91 Å². The van der Waals surface area contributed by atoms with Crippen LogP contribution in [0.5, 0.6) is 5.75 Å². The van der Waals surface area contributed by atoms with Crippen molar-refractivity contribution in [3.63, 3.8) is 0 Å². The molecule has 0 aliphatic rings. The Morgan fingerprint density at radius 2 is 1.72 bits per heavy atom. The number of aromatic nitrogens is 3. The first-order valence-electron chi connectivity index (χ1n) is 10.0. The van der Waals surface area contributed by atoms with Crippen LogP contribution in [0.2, 0.25) is 0 Å². The third-order valence-electron chi connectivity index (χ3n) is 5.11. The van der Waals surface area contributed by atoms with Crippen molar-refractivity contribution >= 4 is 22.6 Å². The summed E-state index contributed by atoms with van der Waals surface area (Å²) in [7, 11) is 1.55. The molecule has 0 saturated heterocycles. The van der Waals surface area contributed by atoms with Gasteiger partial charge in [0.05, 0.1) is 18.2 Å². The third kappa shape index (κ3) is 3.90. The van der Waals surface area contributed by atoms with Crippen molar-refractivity contribution in [1.82, 2.24) is 14.1 Å². The minimum Gasteiger partial charge on any atom is -0.497 e. The van der Waals surface area contributed by atoms with Crippen LogP contribution in [0.1, 0.15) is 11.3 Å². The zero-order valence-electron chi connectivity index (χ0n) is 18.0. The normalized spacial score (nSPS) is 10.8. The second-order valence-electron chi connectivity index (χ2n) is 7.40. The number of carbonyl (C=O) groups is 1. The Balaban J connectivity index is 1.83. The predicted octanol–water partition coefficient (Wildman–Crippen LogP) is 2.81. The molecule has 0 bridgehead atoms. The lowest BCUT2D eigenvalue weighted by Crippen LogP contribution is -2.42. The van der Waals surface area contributed by atoms with E-state index in [2.05, 4.69) is 10.3 Å². The number of amides is 1. The van der Waals surface area contributed by atoms with Gasteiger partial charge in [-0.05, 0) is 61.9 Å². The van der Waals surface area contributed by atoms with E-state index in [1.54, 1.807) is 75.6 Å². The van der Waals surface area contributed by atoms with Crippen molar-refractivity contribution in [2.45, 2.75) is 20.4 Å². The van der Waals surface area contributed by atoms with E-state index in [-0.39, 0.29) is 5.65 Å². The van der Waals surface area contributed by atoms with Crippen LogP contribution < -0.4 is 21.3 Å².